The van der Waals surface area contributed by atoms with Crippen LogP contribution in [0, 0.1) is 5.92 Å². The van der Waals surface area contributed by atoms with Crippen LogP contribution in [0.15, 0.2) is 72.8 Å². The molecule has 0 aliphatic carbocycles. The molecule has 3 aromatic rings. The van der Waals surface area contributed by atoms with Crippen molar-refractivity contribution < 1.29 is 9.53 Å². The number of piperidine rings is 1. The van der Waals surface area contributed by atoms with Gasteiger partial charge in [0.15, 0.2) is 0 Å². The first-order chi connectivity index (χ1) is 16.2. The first-order valence-corrected chi connectivity index (χ1v) is 12.8. The van der Waals surface area contributed by atoms with Crippen LogP contribution in [0.2, 0.25) is 0 Å². The Bertz CT molecular complexity index is 1030. The average molecular weight is 507 g/mol. The van der Waals surface area contributed by atoms with Crippen LogP contribution in [0.4, 0.5) is 0 Å². The number of carbonyl (C=O) groups is 1. The van der Waals surface area contributed by atoms with Gasteiger partial charge < -0.3 is 15.4 Å². The van der Waals surface area contributed by atoms with E-state index in [1.807, 2.05) is 36.4 Å². The maximum atomic E-state index is 11.7. The lowest BCUT2D eigenvalue weighted by Crippen LogP contribution is -2.28. The lowest BCUT2D eigenvalue weighted by atomic mass is 9.91. The smallest absolute Gasteiger partial charge is 0.252 e. The molecule has 0 bridgehead atoms. The zero-order valence-electron chi connectivity index (χ0n) is 18.9. The number of halogens is 1. The Labute approximate surface area is 204 Å². The summed E-state index contributed by atoms with van der Waals surface area (Å²) >= 11 is 3.36. The summed E-state index contributed by atoms with van der Waals surface area (Å²) in [4.78, 5) is 11.7. The van der Waals surface area contributed by atoms with Crippen molar-refractivity contribution >= 4 is 21.8 Å². The molecule has 2 aliphatic heterocycles. The number of nitrogens with one attached hydrogen (secondary N) is 2. The fourth-order valence-electron chi connectivity index (χ4n) is 4.28. The van der Waals surface area contributed by atoms with Gasteiger partial charge in [0.1, 0.15) is 12.4 Å². The first-order valence-electron chi connectivity index (χ1n) is 11.6. The van der Waals surface area contributed by atoms with Gasteiger partial charge >= 0.3 is 0 Å². The SMILES string of the molecule is BrCc1ccccc1.O=C1NCc2c(OCc3ccc(CC4CCNCC4)cc3)cccc21. The molecule has 5 rings (SSSR count). The lowest BCUT2D eigenvalue weighted by Gasteiger charge is -2.22. The number of amides is 1. The van der Waals surface area contributed by atoms with Gasteiger partial charge in [0.2, 0.25) is 0 Å². The molecule has 0 unspecified atom stereocenters. The molecule has 1 fully saturated rings. The number of carbonyl (C=O) groups excluding carboxylic acids is 1. The summed E-state index contributed by atoms with van der Waals surface area (Å²) in [6.45, 7) is 3.38. The van der Waals surface area contributed by atoms with Crippen LogP contribution in [0.1, 0.15) is 45.5 Å². The fourth-order valence-corrected chi connectivity index (χ4v) is 4.65. The van der Waals surface area contributed by atoms with Gasteiger partial charge in [-0.2, -0.15) is 0 Å². The Kier molecular flexibility index (Phi) is 8.56. The topological polar surface area (TPSA) is 50.4 Å². The standard InChI is InChI=1S/C21H24N2O2.C7H7Br/c24-21-18-2-1-3-20(19(18)13-23-21)25-14-17-6-4-15(5-7-17)12-16-8-10-22-11-9-16;8-6-7-4-2-1-3-5-7/h1-7,16,22H,8-14H2,(H,23,24);1-5H,6H2. The molecule has 0 radical (unpaired) electrons. The number of ether oxygens (including phenoxy) is 1. The number of benzene rings is 3. The lowest BCUT2D eigenvalue weighted by molar-refractivity contribution is 0.0965. The van der Waals surface area contributed by atoms with Gasteiger partial charge in [0.25, 0.3) is 5.91 Å². The van der Waals surface area contributed by atoms with Gasteiger partial charge in [0.05, 0.1) is 0 Å². The maximum Gasteiger partial charge on any atom is 0.252 e. The van der Waals surface area contributed by atoms with Crippen molar-refractivity contribution in [1.82, 2.24) is 10.6 Å². The van der Waals surface area contributed by atoms with E-state index in [0.29, 0.717) is 13.2 Å². The zero-order chi connectivity index (χ0) is 22.9. The van der Waals surface area contributed by atoms with Crippen LogP contribution in [0.25, 0.3) is 0 Å². The average Bonchev–Trinajstić information content (AvgIpc) is 3.26. The summed E-state index contributed by atoms with van der Waals surface area (Å²) in [6.07, 6.45) is 3.72. The van der Waals surface area contributed by atoms with Crippen LogP contribution in [-0.4, -0.2) is 19.0 Å². The zero-order valence-corrected chi connectivity index (χ0v) is 20.4. The van der Waals surface area contributed by atoms with Crippen LogP contribution in [-0.2, 0) is 24.9 Å². The maximum absolute atomic E-state index is 11.7. The van der Waals surface area contributed by atoms with E-state index in [1.54, 1.807) is 0 Å². The minimum atomic E-state index is -0.0114. The quantitative estimate of drug-likeness (QED) is 0.425. The van der Waals surface area contributed by atoms with E-state index in [0.717, 1.165) is 46.8 Å². The van der Waals surface area contributed by atoms with Crippen LogP contribution in [0.3, 0.4) is 0 Å². The highest BCUT2D eigenvalue weighted by Gasteiger charge is 2.22. The summed E-state index contributed by atoms with van der Waals surface area (Å²) in [5.74, 6) is 1.60. The van der Waals surface area contributed by atoms with Crippen molar-refractivity contribution in [3.63, 3.8) is 0 Å². The monoisotopic (exact) mass is 506 g/mol. The first kappa shape index (κ1) is 23.5. The molecule has 3 aromatic carbocycles. The third kappa shape index (κ3) is 6.68. The minimum absolute atomic E-state index is 0.0114. The second-order valence-corrected chi connectivity index (χ2v) is 9.15. The van der Waals surface area contributed by atoms with E-state index >= 15 is 0 Å². The number of rotatable bonds is 6. The Morgan fingerprint density at radius 2 is 1.58 bits per heavy atom. The molecule has 1 saturated heterocycles. The highest BCUT2D eigenvalue weighted by Crippen LogP contribution is 2.27. The van der Waals surface area contributed by atoms with Crippen molar-refractivity contribution in [2.45, 2.75) is 37.7 Å². The summed E-state index contributed by atoms with van der Waals surface area (Å²) in [7, 11) is 0. The van der Waals surface area contributed by atoms with Gasteiger partial charge in [-0.15, -0.1) is 0 Å². The number of alkyl halides is 1. The summed E-state index contributed by atoms with van der Waals surface area (Å²) in [5.41, 5.74) is 5.59. The molecule has 2 heterocycles. The Hall–Kier alpha value is -2.63. The van der Waals surface area contributed by atoms with E-state index in [4.69, 9.17) is 4.74 Å². The van der Waals surface area contributed by atoms with E-state index in [9.17, 15) is 4.79 Å². The Morgan fingerprint density at radius 3 is 2.27 bits per heavy atom. The van der Waals surface area contributed by atoms with Gasteiger partial charge in [-0.1, -0.05) is 76.6 Å². The Morgan fingerprint density at radius 1 is 0.848 bits per heavy atom. The van der Waals surface area contributed by atoms with Crippen LogP contribution in [0.5, 0.6) is 5.75 Å². The molecule has 0 aromatic heterocycles. The third-order valence-corrected chi connectivity index (χ3v) is 6.85. The Balaban J connectivity index is 0.000000275. The molecule has 5 heteroatoms. The second kappa shape index (κ2) is 12.0. The minimum Gasteiger partial charge on any atom is -0.489 e. The van der Waals surface area contributed by atoms with Crippen molar-refractivity contribution in [1.29, 1.82) is 0 Å². The van der Waals surface area contributed by atoms with Crippen molar-refractivity contribution in [2.24, 2.45) is 5.92 Å². The molecule has 2 aliphatic rings. The fraction of sp³-hybridized carbons (Fsp3) is 0.321. The largest absolute Gasteiger partial charge is 0.489 e. The normalized spacial score (nSPS) is 15.2. The number of fused-ring (bicyclic) bond motifs is 1. The van der Waals surface area contributed by atoms with Crippen molar-refractivity contribution in [3.8, 4) is 5.75 Å². The van der Waals surface area contributed by atoms with E-state index < -0.39 is 0 Å². The summed E-state index contributed by atoms with van der Waals surface area (Å²) in [6, 6.07) is 24.7. The van der Waals surface area contributed by atoms with Crippen molar-refractivity contribution in [2.75, 3.05) is 13.1 Å². The van der Waals surface area contributed by atoms with Gasteiger partial charge in [-0.05, 0) is 67.1 Å². The number of hydrogen-bond acceptors (Lipinski definition) is 3. The molecule has 0 saturated carbocycles. The molecule has 0 atom stereocenters. The molecular formula is C28H31BrN2O2. The summed E-state index contributed by atoms with van der Waals surface area (Å²) in [5, 5.41) is 7.22. The summed E-state index contributed by atoms with van der Waals surface area (Å²) < 4.78 is 5.97. The van der Waals surface area contributed by atoms with Crippen LogP contribution < -0.4 is 15.4 Å². The molecule has 172 valence electrons. The molecule has 4 nitrogen and oxygen atoms in total. The van der Waals surface area contributed by atoms with E-state index in [-0.39, 0.29) is 5.91 Å². The molecule has 1 amide bonds. The molecule has 33 heavy (non-hydrogen) atoms. The van der Waals surface area contributed by atoms with Crippen LogP contribution >= 0.6 is 15.9 Å². The molecule has 0 spiro atoms. The predicted molar refractivity (Wildman–Crippen MR) is 137 cm³/mol. The van der Waals surface area contributed by atoms with E-state index in [1.165, 1.54) is 30.4 Å². The van der Waals surface area contributed by atoms with Crippen molar-refractivity contribution in [3.05, 3.63) is 101 Å². The third-order valence-electron chi connectivity index (χ3n) is 6.20. The van der Waals surface area contributed by atoms with Gasteiger partial charge in [-0.3, -0.25) is 4.79 Å². The molecular weight excluding hydrogens is 476 g/mol. The highest BCUT2D eigenvalue weighted by atomic mass is 79.9. The van der Waals surface area contributed by atoms with E-state index in [2.05, 4.69) is 63.0 Å². The van der Waals surface area contributed by atoms with Gasteiger partial charge in [0, 0.05) is 23.0 Å². The number of hydrogen-bond donors (Lipinski definition) is 2. The second-order valence-electron chi connectivity index (χ2n) is 8.59. The predicted octanol–water partition coefficient (Wildman–Crippen LogP) is 5.63. The highest BCUT2D eigenvalue weighted by molar-refractivity contribution is 9.08. The van der Waals surface area contributed by atoms with Gasteiger partial charge in [-0.25, -0.2) is 0 Å². The molecule has 2 N–H and O–H groups in total.